The second kappa shape index (κ2) is 4.97. The van der Waals surface area contributed by atoms with Crippen molar-refractivity contribution in [2.24, 2.45) is 0 Å². The molecule has 2 aromatic rings. The fourth-order valence-electron chi connectivity index (χ4n) is 2.27. The molecule has 0 radical (unpaired) electrons. The van der Waals surface area contributed by atoms with Crippen molar-refractivity contribution >= 4 is 17.6 Å². The number of aryl methyl sites for hydroxylation is 1. The fraction of sp³-hybridized carbons (Fsp3) is 0.200. The Kier molecular flexibility index (Phi) is 3.13. The molecule has 0 fully saturated rings. The topological polar surface area (TPSA) is 80.0 Å². The van der Waals surface area contributed by atoms with Gasteiger partial charge in [0.25, 0.3) is 5.91 Å². The van der Waals surface area contributed by atoms with Gasteiger partial charge >= 0.3 is 5.97 Å². The molecule has 1 aromatic carbocycles. The van der Waals surface area contributed by atoms with Gasteiger partial charge in [-0.15, -0.1) is 0 Å². The van der Waals surface area contributed by atoms with Crippen molar-refractivity contribution in [2.75, 3.05) is 11.4 Å². The summed E-state index contributed by atoms with van der Waals surface area (Å²) in [5, 5.41) is 9.16. The zero-order valence-corrected chi connectivity index (χ0v) is 11.3. The van der Waals surface area contributed by atoms with E-state index in [-0.39, 0.29) is 18.2 Å². The van der Waals surface area contributed by atoms with Crippen molar-refractivity contribution in [3.63, 3.8) is 0 Å². The maximum Gasteiger partial charge on any atom is 0.346 e. The van der Waals surface area contributed by atoms with Crippen LogP contribution in [0.25, 0.3) is 0 Å². The molecule has 21 heavy (non-hydrogen) atoms. The van der Waals surface area contributed by atoms with Crippen molar-refractivity contribution in [3.05, 3.63) is 47.9 Å². The van der Waals surface area contributed by atoms with Gasteiger partial charge in [0.05, 0.1) is 18.5 Å². The van der Waals surface area contributed by atoms with Gasteiger partial charge < -0.3 is 14.3 Å². The maximum atomic E-state index is 12.6. The van der Waals surface area contributed by atoms with Crippen LogP contribution in [-0.2, 0) is 4.79 Å². The van der Waals surface area contributed by atoms with Crippen LogP contribution in [0.3, 0.4) is 0 Å². The van der Waals surface area contributed by atoms with E-state index >= 15 is 0 Å². The molecule has 1 unspecified atom stereocenters. The van der Waals surface area contributed by atoms with Gasteiger partial charge in [-0.3, -0.25) is 9.69 Å². The highest BCUT2D eigenvalue weighted by molar-refractivity contribution is 6.06. The van der Waals surface area contributed by atoms with Gasteiger partial charge in [-0.2, -0.15) is 0 Å². The number of benzene rings is 1. The molecule has 3 rings (SSSR count). The quantitative estimate of drug-likeness (QED) is 0.914. The largest absolute Gasteiger partial charge is 0.478 e. The summed E-state index contributed by atoms with van der Waals surface area (Å²) >= 11 is 0. The van der Waals surface area contributed by atoms with Crippen LogP contribution in [0.2, 0.25) is 0 Å². The Morgan fingerprint density at radius 2 is 2.05 bits per heavy atom. The van der Waals surface area contributed by atoms with Gasteiger partial charge in [0.15, 0.2) is 5.76 Å². The molecule has 108 valence electrons. The SMILES string of the molecule is Cc1ccoc1C(=O)N1CC(C(=O)O)Oc2ccccc21. The molecule has 1 N–H and O–H groups in total. The fourth-order valence-corrected chi connectivity index (χ4v) is 2.27. The van der Waals surface area contributed by atoms with Crippen molar-refractivity contribution in [1.29, 1.82) is 0 Å². The van der Waals surface area contributed by atoms with Crippen LogP contribution < -0.4 is 9.64 Å². The number of para-hydroxylation sites is 2. The zero-order valence-electron chi connectivity index (χ0n) is 11.3. The highest BCUT2D eigenvalue weighted by Crippen LogP contribution is 2.34. The molecule has 0 aliphatic carbocycles. The lowest BCUT2D eigenvalue weighted by Crippen LogP contribution is -2.47. The minimum Gasteiger partial charge on any atom is -0.478 e. The van der Waals surface area contributed by atoms with Crippen LogP contribution in [-0.4, -0.2) is 29.6 Å². The van der Waals surface area contributed by atoms with Gasteiger partial charge in [-0.1, -0.05) is 12.1 Å². The third-order valence-corrected chi connectivity index (χ3v) is 3.35. The summed E-state index contributed by atoms with van der Waals surface area (Å²) in [6.45, 7) is 1.70. The monoisotopic (exact) mass is 287 g/mol. The summed E-state index contributed by atoms with van der Waals surface area (Å²) < 4.78 is 10.6. The molecule has 2 heterocycles. The van der Waals surface area contributed by atoms with Crippen LogP contribution in [0.1, 0.15) is 16.1 Å². The molecule has 1 amide bonds. The van der Waals surface area contributed by atoms with Gasteiger partial charge in [0.1, 0.15) is 5.75 Å². The van der Waals surface area contributed by atoms with E-state index in [9.17, 15) is 9.59 Å². The number of rotatable bonds is 2. The van der Waals surface area contributed by atoms with E-state index in [1.165, 1.54) is 11.2 Å². The molecule has 1 atom stereocenters. The average molecular weight is 287 g/mol. The zero-order chi connectivity index (χ0) is 15.0. The van der Waals surface area contributed by atoms with Crippen LogP contribution in [0.15, 0.2) is 41.0 Å². The molecule has 0 bridgehead atoms. The van der Waals surface area contributed by atoms with Crippen molar-refractivity contribution in [1.82, 2.24) is 0 Å². The highest BCUT2D eigenvalue weighted by Gasteiger charge is 2.35. The Hall–Kier alpha value is -2.76. The first-order valence-corrected chi connectivity index (χ1v) is 6.42. The Bertz CT molecular complexity index is 706. The van der Waals surface area contributed by atoms with E-state index in [1.807, 2.05) is 0 Å². The molecular weight excluding hydrogens is 274 g/mol. The second-order valence-electron chi connectivity index (χ2n) is 4.76. The van der Waals surface area contributed by atoms with E-state index in [1.54, 1.807) is 37.3 Å². The van der Waals surface area contributed by atoms with Crippen LogP contribution in [0, 0.1) is 6.92 Å². The second-order valence-corrected chi connectivity index (χ2v) is 4.76. The molecule has 1 aromatic heterocycles. The average Bonchev–Trinajstić information content (AvgIpc) is 2.91. The van der Waals surface area contributed by atoms with E-state index in [4.69, 9.17) is 14.3 Å². The van der Waals surface area contributed by atoms with Gasteiger partial charge in [0, 0.05) is 5.56 Å². The van der Waals surface area contributed by atoms with Crippen molar-refractivity contribution < 1.29 is 23.8 Å². The molecule has 6 nitrogen and oxygen atoms in total. The number of aliphatic carboxylic acids is 1. The number of ether oxygens (including phenoxy) is 1. The summed E-state index contributed by atoms with van der Waals surface area (Å²) in [6.07, 6.45) is 0.336. The summed E-state index contributed by atoms with van der Waals surface area (Å²) in [6, 6.07) is 8.53. The predicted octanol–water partition coefficient (Wildman–Crippen LogP) is 2.08. The number of carbonyl (C=O) groups excluding carboxylic acids is 1. The number of hydrogen-bond acceptors (Lipinski definition) is 4. The Morgan fingerprint density at radius 1 is 1.29 bits per heavy atom. The predicted molar refractivity (Wildman–Crippen MR) is 73.6 cm³/mol. The first-order valence-electron chi connectivity index (χ1n) is 6.42. The summed E-state index contributed by atoms with van der Waals surface area (Å²) in [5.74, 6) is -0.914. The summed E-state index contributed by atoms with van der Waals surface area (Å²) in [7, 11) is 0. The summed E-state index contributed by atoms with van der Waals surface area (Å²) in [4.78, 5) is 25.2. The Balaban J connectivity index is 2.02. The normalized spacial score (nSPS) is 17.0. The van der Waals surface area contributed by atoms with Crippen LogP contribution in [0.5, 0.6) is 5.75 Å². The lowest BCUT2D eigenvalue weighted by Gasteiger charge is -2.32. The van der Waals surface area contributed by atoms with E-state index in [0.717, 1.165) is 0 Å². The molecule has 6 heteroatoms. The van der Waals surface area contributed by atoms with E-state index in [0.29, 0.717) is 17.0 Å². The third-order valence-electron chi connectivity index (χ3n) is 3.35. The molecule has 0 saturated carbocycles. The minimum atomic E-state index is -1.11. The van der Waals surface area contributed by atoms with Gasteiger partial charge in [-0.25, -0.2) is 4.79 Å². The number of furan rings is 1. The molecule has 1 aliphatic rings. The Morgan fingerprint density at radius 3 is 2.71 bits per heavy atom. The number of carboxylic acids is 1. The van der Waals surface area contributed by atoms with Crippen molar-refractivity contribution in [2.45, 2.75) is 13.0 Å². The van der Waals surface area contributed by atoms with Crippen molar-refractivity contribution in [3.8, 4) is 5.75 Å². The number of hydrogen-bond donors (Lipinski definition) is 1. The summed E-state index contributed by atoms with van der Waals surface area (Å²) in [5.41, 5.74) is 1.24. The van der Waals surface area contributed by atoms with Crippen LogP contribution in [0.4, 0.5) is 5.69 Å². The number of fused-ring (bicyclic) bond motifs is 1. The smallest absolute Gasteiger partial charge is 0.346 e. The first-order chi connectivity index (χ1) is 10.1. The lowest BCUT2D eigenvalue weighted by atomic mass is 10.1. The number of amides is 1. The molecule has 1 aliphatic heterocycles. The number of carboxylic acid groups (broad SMARTS) is 1. The van der Waals surface area contributed by atoms with E-state index in [2.05, 4.69) is 0 Å². The number of anilines is 1. The molecule has 0 spiro atoms. The molecular formula is C15H13NO5. The Labute approximate surface area is 120 Å². The maximum absolute atomic E-state index is 12.6. The highest BCUT2D eigenvalue weighted by atomic mass is 16.5. The van der Waals surface area contributed by atoms with E-state index < -0.39 is 12.1 Å². The van der Waals surface area contributed by atoms with Gasteiger partial charge in [-0.05, 0) is 25.1 Å². The minimum absolute atomic E-state index is 0.0642. The number of nitrogens with zero attached hydrogens (tertiary/aromatic N) is 1. The van der Waals surface area contributed by atoms with Gasteiger partial charge in [0.2, 0.25) is 6.10 Å². The standard InChI is InChI=1S/C15H13NO5/c1-9-6-7-20-13(9)14(17)16-8-12(15(18)19)21-11-5-3-2-4-10(11)16/h2-7,12H,8H2,1H3,(H,18,19). The third kappa shape index (κ3) is 2.24. The first kappa shape index (κ1) is 13.2. The van der Waals surface area contributed by atoms with Crippen LogP contribution >= 0.6 is 0 Å². The molecule has 0 saturated heterocycles. The lowest BCUT2D eigenvalue weighted by molar-refractivity contribution is -0.144. The number of carbonyl (C=O) groups is 2.